The zero-order chi connectivity index (χ0) is 17.6. The molecule has 1 aromatic rings. The van der Waals surface area contributed by atoms with Gasteiger partial charge in [-0.1, -0.05) is 44.2 Å². The fraction of sp³-hybridized carbons (Fsp3) is 0.632. The van der Waals surface area contributed by atoms with E-state index in [1.807, 2.05) is 37.3 Å². The predicted molar refractivity (Wildman–Crippen MR) is 100 cm³/mol. The summed E-state index contributed by atoms with van der Waals surface area (Å²) in [6.45, 7) is 10.1. The molecule has 0 fully saturated rings. The molecule has 5 nitrogen and oxygen atoms in total. The minimum Gasteiger partial charge on any atom is -0.388 e. The standard InChI is InChI=1S/C19H33N3O2/c1-4-20-19(21-12-8-14-24-15-16(2)3)22-13-11-18(23)17-9-6-5-7-10-17/h5-7,9-10,16,18,23H,4,8,11-15H2,1-3H3,(H2,20,21,22). The molecule has 1 aromatic carbocycles. The third-order valence-electron chi connectivity index (χ3n) is 3.41. The lowest BCUT2D eigenvalue weighted by Crippen LogP contribution is -2.38. The molecular weight excluding hydrogens is 302 g/mol. The van der Waals surface area contributed by atoms with Gasteiger partial charge < -0.3 is 20.5 Å². The molecule has 1 atom stereocenters. The van der Waals surface area contributed by atoms with Gasteiger partial charge in [0.1, 0.15) is 0 Å². The molecule has 0 radical (unpaired) electrons. The van der Waals surface area contributed by atoms with E-state index in [1.54, 1.807) is 0 Å². The molecule has 0 heterocycles. The first-order valence-corrected chi connectivity index (χ1v) is 8.96. The van der Waals surface area contributed by atoms with Crippen LogP contribution in [0.3, 0.4) is 0 Å². The molecule has 0 aliphatic rings. The van der Waals surface area contributed by atoms with Crippen molar-refractivity contribution in [3.8, 4) is 0 Å². The normalized spacial score (nSPS) is 13.1. The summed E-state index contributed by atoms with van der Waals surface area (Å²) in [5.41, 5.74) is 0.948. The van der Waals surface area contributed by atoms with E-state index >= 15 is 0 Å². The minimum absolute atomic E-state index is 0.453. The Morgan fingerprint density at radius 3 is 2.62 bits per heavy atom. The van der Waals surface area contributed by atoms with E-state index in [4.69, 9.17) is 4.74 Å². The van der Waals surface area contributed by atoms with Gasteiger partial charge in [-0.3, -0.25) is 4.99 Å². The van der Waals surface area contributed by atoms with Gasteiger partial charge in [0.05, 0.1) is 6.10 Å². The number of aliphatic hydroxyl groups is 1. The summed E-state index contributed by atoms with van der Waals surface area (Å²) in [5, 5.41) is 16.7. The molecule has 1 rings (SSSR count). The van der Waals surface area contributed by atoms with Crippen molar-refractivity contribution in [2.75, 3.05) is 32.8 Å². The third kappa shape index (κ3) is 9.53. The Balaban J connectivity index is 2.25. The number of ether oxygens (including phenoxy) is 1. The van der Waals surface area contributed by atoms with Crippen molar-refractivity contribution in [2.45, 2.75) is 39.7 Å². The smallest absolute Gasteiger partial charge is 0.191 e. The van der Waals surface area contributed by atoms with Crippen LogP contribution in [0.4, 0.5) is 0 Å². The van der Waals surface area contributed by atoms with Crippen LogP contribution in [0, 0.1) is 5.92 Å². The highest BCUT2D eigenvalue weighted by atomic mass is 16.5. The lowest BCUT2D eigenvalue weighted by atomic mass is 10.1. The average molecular weight is 335 g/mol. The van der Waals surface area contributed by atoms with Crippen molar-refractivity contribution in [1.29, 1.82) is 0 Å². The molecule has 0 spiro atoms. The van der Waals surface area contributed by atoms with Gasteiger partial charge in [-0.05, 0) is 31.2 Å². The molecule has 136 valence electrons. The lowest BCUT2D eigenvalue weighted by Gasteiger charge is -2.14. The van der Waals surface area contributed by atoms with Gasteiger partial charge in [-0.25, -0.2) is 0 Å². The van der Waals surface area contributed by atoms with Crippen molar-refractivity contribution in [2.24, 2.45) is 10.9 Å². The number of nitrogens with one attached hydrogen (secondary N) is 2. The lowest BCUT2D eigenvalue weighted by molar-refractivity contribution is 0.109. The van der Waals surface area contributed by atoms with E-state index < -0.39 is 6.10 Å². The Bertz CT molecular complexity index is 449. The molecule has 0 aromatic heterocycles. The first-order chi connectivity index (χ1) is 11.6. The molecule has 24 heavy (non-hydrogen) atoms. The van der Waals surface area contributed by atoms with Crippen LogP contribution in [0.5, 0.6) is 0 Å². The van der Waals surface area contributed by atoms with E-state index in [0.717, 1.165) is 44.2 Å². The molecule has 1 unspecified atom stereocenters. The van der Waals surface area contributed by atoms with Crippen LogP contribution in [0.1, 0.15) is 45.3 Å². The summed E-state index contributed by atoms with van der Waals surface area (Å²) in [6.07, 6.45) is 1.10. The summed E-state index contributed by atoms with van der Waals surface area (Å²) >= 11 is 0. The molecule has 0 aliphatic heterocycles. The van der Waals surface area contributed by atoms with Crippen molar-refractivity contribution >= 4 is 5.96 Å². The highest BCUT2D eigenvalue weighted by Crippen LogP contribution is 2.14. The van der Waals surface area contributed by atoms with Crippen LogP contribution < -0.4 is 10.6 Å². The summed E-state index contributed by atoms with van der Waals surface area (Å²) in [5.74, 6) is 1.37. The fourth-order valence-electron chi connectivity index (χ4n) is 2.19. The van der Waals surface area contributed by atoms with E-state index in [0.29, 0.717) is 18.9 Å². The van der Waals surface area contributed by atoms with Crippen LogP contribution in [-0.2, 0) is 4.74 Å². The van der Waals surface area contributed by atoms with Crippen molar-refractivity contribution in [1.82, 2.24) is 10.6 Å². The Kier molecular flexibility index (Phi) is 10.9. The SMILES string of the molecule is CCNC(=NCCCOCC(C)C)NCCC(O)c1ccccc1. The van der Waals surface area contributed by atoms with Crippen LogP contribution in [-0.4, -0.2) is 43.9 Å². The van der Waals surface area contributed by atoms with Crippen LogP contribution >= 0.6 is 0 Å². The molecule has 0 saturated carbocycles. The van der Waals surface area contributed by atoms with E-state index in [-0.39, 0.29) is 0 Å². The summed E-state index contributed by atoms with van der Waals surface area (Å²) in [7, 11) is 0. The average Bonchev–Trinajstić information content (AvgIpc) is 2.58. The number of hydrogen-bond acceptors (Lipinski definition) is 3. The second-order valence-corrected chi connectivity index (χ2v) is 6.22. The number of hydrogen-bond donors (Lipinski definition) is 3. The van der Waals surface area contributed by atoms with Gasteiger partial charge in [0, 0.05) is 32.8 Å². The van der Waals surface area contributed by atoms with Crippen LogP contribution in [0.25, 0.3) is 0 Å². The van der Waals surface area contributed by atoms with Crippen LogP contribution in [0.15, 0.2) is 35.3 Å². The van der Waals surface area contributed by atoms with Gasteiger partial charge in [0.15, 0.2) is 5.96 Å². The fourth-order valence-corrected chi connectivity index (χ4v) is 2.19. The van der Waals surface area contributed by atoms with E-state index in [1.165, 1.54) is 0 Å². The summed E-state index contributed by atoms with van der Waals surface area (Å²) in [4.78, 5) is 4.53. The Labute approximate surface area is 146 Å². The maximum Gasteiger partial charge on any atom is 0.191 e. The van der Waals surface area contributed by atoms with Gasteiger partial charge >= 0.3 is 0 Å². The summed E-state index contributed by atoms with van der Waals surface area (Å²) < 4.78 is 5.56. The summed E-state index contributed by atoms with van der Waals surface area (Å²) in [6, 6.07) is 9.73. The minimum atomic E-state index is -0.453. The van der Waals surface area contributed by atoms with Gasteiger partial charge in [0.25, 0.3) is 0 Å². The largest absolute Gasteiger partial charge is 0.388 e. The number of benzene rings is 1. The molecule has 0 saturated heterocycles. The Hall–Kier alpha value is -1.59. The monoisotopic (exact) mass is 335 g/mol. The first-order valence-electron chi connectivity index (χ1n) is 8.96. The molecule has 5 heteroatoms. The third-order valence-corrected chi connectivity index (χ3v) is 3.41. The quantitative estimate of drug-likeness (QED) is 0.330. The topological polar surface area (TPSA) is 65.9 Å². The molecule has 0 amide bonds. The zero-order valence-corrected chi connectivity index (χ0v) is 15.3. The van der Waals surface area contributed by atoms with Gasteiger partial charge in [0.2, 0.25) is 0 Å². The molecule has 0 bridgehead atoms. The second kappa shape index (κ2) is 12.8. The van der Waals surface area contributed by atoms with Crippen molar-refractivity contribution < 1.29 is 9.84 Å². The van der Waals surface area contributed by atoms with E-state index in [2.05, 4.69) is 29.5 Å². The maximum atomic E-state index is 10.2. The predicted octanol–water partition coefficient (Wildman–Crippen LogP) is 2.73. The molecular formula is C19H33N3O2. The molecule has 3 N–H and O–H groups in total. The highest BCUT2D eigenvalue weighted by Gasteiger charge is 2.06. The van der Waals surface area contributed by atoms with Crippen LogP contribution in [0.2, 0.25) is 0 Å². The van der Waals surface area contributed by atoms with Crippen molar-refractivity contribution in [3.63, 3.8) is 0 Å². The number of aliphatic imine (C=N–C) groups is 1. The number of rotatable bonds is 11. The van der Waals surface area contributed by atoms with E-state index in [9.17, 15) is 5.11 Å². The number of guanidine groups is 1. The maximum absolute atomic E-state index is 10.2. The Morgan fingerprint density at radius 1 is 1.21 bits per heavy atom. The first kappa shape index (κ1) is 20.5. The zero-order valence-electron chi connectivity index (χ0n) is 15.3. The Morgan fingerprint density at radius 2 is 1.96 bits per heavy atom. The van der Waals surface area contributed by atoms with Gasteiger partial charge in [-0.2, -0.15) is 0 Å². The van der Waals surface area contributed by atoms with Gasteiger partial charge in [-0.15, -0.1) is 0 Å². The number of nitrogens with zero attached hydrogens (tertiary/aromatic N) is 1. The molecule has 0 aliphatic carbocycles. The van der Waals surface area contributed by atoms with Crippen molar-refractivity contribution in [3.05, 3.63) is 35.9 Å². The highest BCUT2D eigenvalue weighted by molar-refractivity contribution is 5.79. The second-order valence-electron chi connectivity index (χ2n) is 6.22. The number of aliphatic hydroxyl groups excluding tert-OH is 1.